The predicted octanol–water partition coefficient (Wildman–Crippen LogP) is 2.77. The molecule has 1 aromatic carbocycles. The molecule has 0 saturated heterocycles. The van der Waals surface area contributed by atoms with Crippen molar-refractivity contribution in [3.8, 4) is 0 Å². The molecule has 1 fully saturated rings. The van der Waals surface area contributed by atoms with E-state index in [1.54, 1.807) is 12.1 Å². The predicted molar refractivity (Wildman–Crippen MR) is 80.8 cm³/mol. The maximum atomic E-state index is 12.2. The lowest BCUT2D eigenvalue weighted by atomic mass is 10.1. The highest BCUT2D eigenvalue weighted by Gasteiger charge is 2.26. The molecule has 1 saturated carbocycles. The summed E-state index contributed by atoms with van der Waals surface area (Å²) in [5.41, 5.74) is 3.27. The summed E-state index contributed by atoms with van der Waals surface area (Å²) >= 11 is 1.45. The molecule has 2 amide bonds. The molecule has 0 unspecified atom stereocenters. The summed E-state index contributed by atoms with van der Waals surface area (Å²) < 4.78 is 0. The number of thiazole rings is 1. The molecular formula is C15H13N3O2S. The van der Waals surface area contributed by atoms with Crippen LogP contribution in [0.25, 0.3) is 0 Å². The molecule has 2 heterocycles. The number of nitrogens with one attached hydrogen (secondary N) is 2. The second-order valence-electron chi connectivity index (χ2n) is 5.40. The van der Waals surface area contributed by atoms with E-state index in [1.807, 2.05) is 11.4 Å². The molecule has 1 aromatic heterocycles. The van der Waals surface area contributed by atoms with Crippen molar-refractivity contribution in [1.82, 2.24) is 4.98 Å². The average molecular weight is 299 g/mol. The van der Waals surface area contributed by atoms with Gasteiger partial charge in [0.2, 0.25) is 5.91 Å². The van der Waals surface area contributed by atoms with E-state index in [9.17, 15) is 9.59 Å². The standard InChI is InChI=1S/C15H13N3O2S/c19-13-6-9-3-4-10(5-11(9)16-13)14(20)18-15-17-12(7-21-15)8-1-2-8/h3-5,7-8H,1-2,6H2,(H,16,19)(H,17,18,20). The maximum absolute atomic E-state index is 12.2. The first-order chi connectivity index (χ1) is 10.2. The molecule has 0 bridgehead atoms. The van der Waals surface area contributed by atoms with Crippen LogP contribution in [0.15, 0.2) is 23.6 Å². The van der Waals surface area contributed by atoms with Gasteiger partial charge in [-0.3, -0.25) is 14.9 Å². The average Bonchev–Trinajstić information content (AvgIpc) is 3.09. The number of hydrogen-bond donors (Lipinski definition) is 2. The molecule has 0 spiro atoms. The van der Waals surface area contributed by atoms with Gasteiger partial charge in [0.05, 0.1) is 12.1 Å². The van der Waals surface area contributed by atoms with Crippen LogP contribution < -0.4 is 10.6 Å². The fourth-order valence-electron chi connectivity index (χ4n) is 2.44. The number of aromatic nitrogens is 1. The normalized spacial score (nSPS) is 16.5. The number of rotatable bonds is 3. The van der Waals surface area contributed by atoms with E-state index in [0.717, 1.165) is 16.9 Å². The number of anilines is 2. The van der Waals surface area contributed by atoms with Gasteiger partial charge in [0.1, 0.15) is 0 Å². The van der Waals surface area contributed by atoms with Gasteiger partial charge < -0.3 is 5.32 Å². The van der Waals surface area contributed by atoms with Crippen LogP contribution in [-0.4, -0.2) is 16.8 Å². The molecule has 2 aliphatic rings. The lowest BCUT2D eigenvalue weighted by molar-refractivity contribution is -0.115. The lowest BCUT2D eigenvalue weighted by Gasteiger charge is -2.04. The molecule has 2 aromatic rings. The first-order valence-electron chi connectivity index (χ1n) is 6.88. The van der Waals surface area contributed by atoms with E-state index in [1.165, 1.54) is 24.2 Å². The van der Waals surface area contributed by atoms with E-state index in [4.69, 9.17) is 0 Å². The van der Waals surface area contributed by atoms with Crippen molar-refractivity contribution in [1.29, 1.82) is 0 Å². The van der Waals surface area contributed by atoms with Crippen molar-refractivity contribution in [2.75, 3.05) is 10.6 Å². The van der Waals surface area contributed by atoms with Gasteiger partial charge in [-0.15, -0.1) is 11.3 Å². The molecule has 0 atom stereocenters. The highest BCUT2D eigenvalue weighted by atomic mass is 32.1. The minimum Gasteiger partial charge on any atom is -0.326 e. The Kier molecular flexibility index (Phi) is 2.78. The van der Waals surface area contributed by atoms with Gasteiger partial charge in [0, 0.05) is 22.5 Å². The van der Waals surface area contributed by atoms with Crippen molar-refractivity contribution in [3.05, 3.63) is 40.4 Å². The third-order valence-corrected chi connectivity index (χ3v) is 4.51. The van der Waals surface area contributed by atoms with E-state index >= 15 is 0 Å². The fraction of sp³-hybridized carbons (Fsp3) is 0.267. The Morgan fingerprint density at radius 2 is 2.24 bits per heavy atom. The molecule has 4 rings (SSSR count). The van der Waals surface area contributed by atoms with Crippen LogP contribution in [0.1, 0.15) is 40.4 Å². The van der Waals surface area contributed by atoms with E-state index in [-0.39, 0.29) is 11.8 Å². The van der Waals surface area contributed by atoms with E-state index in [2.05, 4.69) is 15.6 Å². The quantitative estimate of drug-likeness (QED) is 0.915. The molecular weight excluding hydrogens is 286 g/mol. The van der Waals surface area contributed by atoms with Crippen molar-refractivity contribution >= 4 is 34.0 Å². The monoisotopic (exact) mass is 299 g/mol. The molecule has 1 aliphatic heterocycles. The zero-order valence-corrected chi connectivity index (χ0v) is 12.0. The highest BCUT2D eigenvalue weighted by Crippen LogP contribution is 2.40. The van der Waals surface area contributed by atoms with Crippen LogP contribution in [0.2, 0.25) is 0 Å². The number of carbonyl (C=O) groups excluding carboxylic acids is 2. The Morgan fingerprint density at radius 1 is 1.38 bits per heavy atom. The smallest absolute Gasteiger partial charge is 0.257 e. The van der Waals surface area contributed by atoms with Gasteiger partial charge in [-0.1, -0.05) is 6.07 Å². The van der Waals surface area contributed by atoms with Crippen LogP contribution in [0, 0.1) is 0 Å². The van der Waals surface area contributed by atoms with Crippen LogP contribution >= 0.6 is 11.3 Å². The Labute approximate surface area is 125 Å². The van der Waals surface area contributed by atoms with Gasteiger partial charge in [0.25, 0.3) is 5.91 Å². The summed E-state index contributed by atoms with van der Waals surface area (Å²) in [6, 6.07) is 5.27. The SMILES string of the molecule is O=C1Cc2ccc(C(=O)Nc3nc(C4CC4)cs3)cc2N1. The summed E-state index contributed by atoms with van der Waals surface area (Å²) in [7, 11) is 0. The van der Waals surface area contributed by atoms with Gasteiger partial charge in [-0.2, -0.15) is 0 Å². The molecule has 5 nitrogen and oxygen atoms in total. The minimum absolute atomic E-state index is 0.0310. The lowest BCUT2D eigenvalue weighted by Crippen LogP contribution is -2.12. The topological polar surface area (TPSA) is 71.1 Å². The maximum Gasteiger partial charge on any atom is 0.257 e. The van der Waals surface area contributed by atoms with Crippen LogP contribution in [0.5, 0.6) is 0 Å². The third kappa shape index (κ3) is 2.42. The zero-order chi connectivity index (χ0) is 14.4. The first kappa shape index (κ1) is 12.5. The summed E-state index contributed by atoms with van der Waals surface area (Å²) in [6.45, 7) is 0. The third-order valence-electron chi connectivity index (χ3n) is 3.74. The molecule has 21 heavy (non-hydrogen) atoms. The summed E-state index contributed by atoms with van der Waals surface area (Å²) in [4.78, 5) is 28.0. The number of hydrogen-bond acceptors (Lipinski definition) is 4. The van der Waals surface area contributed by atoms with Crippen LogP contribution in [-0.2, 0) is 11.2 Å². The first-order valence-corrected chi connectivity index (χ1v) is 7.76. The van der Waals surface area contributed by atoms with Crippen molar-refractivity contribution in [2.24, 2.45) is 0 Å². The van der Waals surface area contributed by atoms with Gasteiger partial charge in [-0.25, -0.2) is 4.98 Å². The Morgan fingerprint density at radius 3 is 3.05 bits per heavy atom. The Bertz CT molecular complexity index is 749. The van der Waals surface area contributed by atoms with Crippen molar-refractivity contribution < 1.29 is 9.59 Å². The Hall–Kier alpha value is -2.21. The van der Waals surface area contributed by atoms with Crippen LogP contribution in [0.4, 0.5) is 10.8 Å². The van der Waals surface area contributed by atoms with Crippen molar-refractivity contribution in [2.45, 2.75) is 25.2 Å². The highest BCUT2D eigenvalue weighted by molar-refractivity contribution is 7.14. The van der Waals surface area contributed by atoms with Crippen molar-refractivity contribution in [3.63, 3.8) is 0 Å². The summed E-state index contributed by atoms with van der Waals surface area (Å²) in [5, 5.41) is 8.21. The van der Waals surface area contributed by atoms with Gasteiger partial charge in [-0.05, 0) is 30.5 Å². The minimum atomic E-state index is -0.198. The van der Waals surface area contributed by atoms with Gasteiger partial charge >= 0.3 is 0 Å². The second-order valence-corrected chi connectivity index (χ2v) is 6.26. The second kappa shape index (κ2) is 4.66. The largest absolute Gasteiger partial charge is 0.326 e. The summed E-state index contributed by atoms with van der Waals surface area (Å²) in [6.07, 6.45) is 2.78. The number of carbonyl (C=O) groups is 2. The molecule has 106 valence electrons. The molecule has 6 heteroatoms. The van der Waals surface area contributed by atoms with Crippen LogP contribution in [0.3, 0.4) is 0 Å². The fourth-order valence-corrected chi connectivity index (χ4v) is 3.22. The zero-order valence-electron chi connectivity index (χ0n) is 11.2. The number of benzene rings is 1. The van der Waals surface area contributed by atoms with Gasteiger partial charge in [0.15, 0.2) is 5.13 Å². The molecule has 0 radical (unpaired) electrons. The summed E-state index contributed by atoms with van der Waals surface area (Å²) in [5.74, 6) is 0.356. The molecule has 1 aliphatic carbocycles. The number of fused-ring (bicyclic) bond motifs is 1. The Balaban J connectivity index is 1.51. The van der Waals surface area contributed by atoms with E-state index < -0.39 is 0 Å². The van der Waals surface area contributed by atoms with E-state index in [0.29, 0.717) is 23.0 Å². The number of amides is 2. The molecule has 2 N–H and O–H groups in total. The number of nitrogens with zero attached hydrogens (tertiary/aromatic N) is 1.